The second-order valence-corrected chi connectivity index (χ2v) is 2.16. The van der Waals surface area contributed by atoms with Gasteiger partial charge in [-0.1, -0.05) is 0 Å². The maximum absolute atomic E-state index is 8.36. The standard InChI is InChI=1S/C4H8N5/c1-9(2,3-5)4-7-8-6/h4H2,1-2H3/q+1. The van der Waals surface area contributed by atoms with Crippen molar-refractivity contribution in [3.8, 4) is 6.19 Å². The van der Waals surface area contributed by atoms with Gasteiger partial charge in [0.25, 0.3) is 0 Å². The molecule has 0 unspecified atom stereocenters. The van der Waals surface area contributed by atoms with Gasteiger partial charge in [0.1, 0.15) is 0 Å². The molecule has 0 N–H and O–H groups in total. The first-order chi connectivity index (χ1) is 4.12. The molecule has 0 radical (unpaired) electrons. The zero-order chi connectivity index (χ0) is 7.33. The number of azide groups is 1. The van der Waals surface area contributed by atoms with Crippen LogP contribution >= 0.6 is 0 Å². The van der Waals surface area contributed by atoms with Crippen molar-refractivity contribution in [1.29, 1.82) is 5.26 Å². The molecule has 0 spiro atoms. The van der Waals surface area contributed by atoms with E-state index in [4.69, 9.17) is 10.8 Å². The molecule has 5 nitrogen and oxygen atoms in total. The number of nitrogens with zero attached hydrogens (tertiary/aromatic N) is 5. The molecule has 0 rings (SSSR count). The van der Waals surface area contributed by atoms with Crippen molar-refractivity contribution in [2.45, 2.75) is 0 Å². The monoisotopic (exact) mass is 126 g/mol. The van der Waals surface area contributed by atoms with E-state index < -0.39 is 0 Å². The topological polar surface area (TPSA) is 72.5 Å². The highest BCUT2D eigenvalue weighted by Gasteiger charge is 2.10. The third-order valence-corrected chi connectivity index (χ3v) is 0.751. The Balaban J connectivity index is 3.90. The minimum absolute atomic E-state index is 0.0596. The van der Waals surface area contributed by atoms with Crippen molar-refractivity contribution in [3.05, 3.63) is 10.4 Å². The quantitative estimate of drug-likeness (QED) is 0.177. The SMILES string of the molecule is C[N+](C)(C#N)CN=[N+]=[N-]. The van der Waals surface area contributed by atoms with Crippen LogP contribution in [0.25, 0.3) is 10.4 Å². The molecule has 9 heavy (non-hydrogen) atoms. The van der Waals surface area contributed by atoms with Crippen LogP contribution in [0.3, 0.4) is 0 Å². The molecule has 0 atom stereocenters. The summed E-state index contributed by atoms with van der Waals surface area (Å²) in [5, 5.41) is 11.6. The summed E-state index contributed by atoms with van der Waals surface area (Å²) >= 11 is 0. The van der Waals surface area contributed by atoms with Gasteiger partial charge in [0.05, 0.1) is 14.1 Å². The van der Waals surface area contributed by atoms with E-state index in [1.165, 1.54) is 0 Å². The smallest absolute Gasteiger partial charge is 0.224 e. The van der Waals surface area contributed by atoms with Gasteiger partial charge in [-0.05, 0) is 10.6 Å². The van der Waals surface area contributed by atoms with Gasteiger partial charge in [-0.2, -0.15) is 0 Å². The van der Waals surface area contributed by atoms with Crippen LogP contribution in [0, 0.1) is 11.5 Å². The zero-order valence-electron chi connectivity index (χ0n) is 5.44. The van der Waals surface area contributed by atoms with Crippen LogP contribution in [-0.2, 0) is 0 Å². The lowest BCUT2D eigenvalue weighted by Gasteiger charge is -2.13. The summed E-state index contributed by atoms with van der Waals surface area (Å²) in [5.41, 5.74) is 7.86. The van der Waals surface area contributed by atoms with Gasteiger partial charge >= 0.3 is 6.19 Å². The van der Waals surface area contributed by atoms with Gasteiger partial charge in [0.15, 0.2) is 6.67 Å². The second-order valence-electron chi connectivity index (χ2n) is 2.16. The van der Waals surface area contributed by atoms with E-state index in [2.05, 4.69) is 10.0 Å². The molecule has 0 aliphatic heterocycles. The van der Waals surface area contributed by atoms with Crippen molar-refractivity contribution in [1.82, 2.24) is 0 Å². The Kier molecular flexibility index (Phi) is 2.52. The summed E-state index contributed by atoms with van der Waals surface area (Å²) in [6, 6.07) is 0. The van der Waals surface area contributed by atoms with Crippen LogP contribution in [0.4, 0.5) is 0 Å². The highest BCUT2D eigenvalue weighted by atomic mass is 15.4. The normalized spacial score (nSPS) is 9.44. The number of rotatable bonds is 2. The summed E-state index contributed by atoms with van der Waals surface area (Å²) in [6.07, 6.45) is 1.95. The maximum Gasteiger partial charge on any atom is 0.308 e. The molecular formula is C4H8N5+. The molecule has 0 saturated carbocycles. The molecule has 0 aliphatic rings. The molecule has 0 aromatic heterocycles. The van der Waals surface area contributed by atoms with Crippen LogP contribution < -0.4 is 0 Å². The van der Waals surface area contributed by atoms with Crippen LogP contribution in [0.15, 0.2) is 5.11 Å². The molecular weight excluding hydrogens is 118 g/mol. The summed E-state index contributed by atoms with van der Waals surface area (Å²) in [4.78, 5) is 2.53. The number of nitriles is 1. The minimum Gasteiger partial charge on any atom is -0.224 e. The van der Waals surface area contributed by atoms with E-state index in [1.54, 1.807) is 14.1 Å². The molecule has 0 amide bonds. The van der Waals surface area contributed by atoms with Crippen molar-refractivity contribution in [2.24, 2.45) is 5.11 Å². The number of hydrogen-bond acceptors (Lipinski definition) is 2. The van der Waals surface area contributed by atoms with Gasteiger partial charge in [-0.3, -0.25) is 0 Å². The third kappa shape index (κ3) is 3.35. The fourth-order valence-electron chi connectivity index (χ4n) is 0.218. The predicted molar refractivity (Wildman–Crippen MR) is 31.7 cm³/mol. The first-order valence-electron chi connectivity index (χ1n) is 2.37. The van der Waals surface area contributed by atoms with Gasteiger partial charge in [0.2, 0.25) is 0 Å². The Morgan fingerprint density at radius 3 is 2.67 bits per heavy atom. The molecule has 0 bridgehead atoms. The van der Waals surface area contributed by atoms with E-state index in [0.717, 1.165) is 0 Å². The maximum atomic E-state index is 8.36. The van der Waals surface area contributed by atoms with E-state index in [-0.39, 0.29) is 11.2 Å². The average Bonchev–Trinajstić information content (AvgIpc) is 1.84. The predicted octanol–water partition coefficient (Wildman–Crippen LogP) is 0.812. The Labute approximate surface area is 53.3 Å². The molecule has 0 aromatic rings. The molecule has 0 aromatic carbocycles. The van der Waals surface area contributed by atoms with Gasteiger partial charge in [0, 0.05) is 4.91 Å². The highest BCUT2D eigenvalue weighted by molar-refractivity contribution is 4.50. The average molecular weight is 126 g/mol. The van der Waals surface area contributed by atoms with Crippen molar-refractivity contribution >= 4 is 0 Å². The largest absolute Gasteiger partial charge is 0.308 e. The lowest BCUT2D eigenvalue weighted by atomic mass is 10.7. The van der Waals surface area contributed by atoms with E-state index in [9.17, 15) is 0 Å². The van der Waals surface area contributed by atoms with Crippen LogP contribution in [0.5, 0.6) is 0 Å². The van der Waals surface area contributed by atoms with Crippen molar-refractivity contribution in [2.75, 3.05) is 20.8 Å². The van der Waals surface area contributed by atoms with Gasteiger partial charge in [-0.15, -0.1) is 5.26 Å². The van der Waals surface area contributed by atoms with Crippen LogP contribution in [-0.4, -0.2) is 25.2 Å². The lowest BCUT2D eigenvalue weighted by Crippen LogP contribution is -2.33. The van der Waals surface area contributed by atoms with Gasteiger partial charge in [-0.25, -0.2) is 4.48 Å². The third-order valence-electron chi connectivity index (χ3n) is 0.751. The number of hydrogen-bond donors (Lipinski definition) is 0. The van der Waals surface area contributed by atoms with E-state index >= 15 is 0 Å². The minimum atomic E-state index is 0.0596. The first-order valence-corrected chi connectivity index (χ1v) is 2.37. The van der Waals surface area contributed by atoms with Crippen molar-refractivity contribution in [3.63, 3.8) is 0 Å². The fraction of sp³-hybridized carbons (Fsp3) is 0.750. The van der Waals surface area contributed by atoms with E-state index in [1.807, 2.05) is 6.19 Å². The number of quaternary nitrogens is 1. The highest BCUT2D eigenvalue weighted by Crippen LogP contribution is 1.92. The summed E-state index contributed by atoms with van der Waals surface area (Å²) in [7, 11) is 3.32. The second kappa shape index (κ2) is 2.92. The summed E-state index contributed by atoms with van der Waals surface area (Å²) in [5.74, 6) is 0. The van der Waals surface area contributed by atoms with Crippen LogP contribution in [0.1, 0.15) is 0 Å². The fourth-order valence-corrected chi connectivity index (χ4v) is 0.218. The molecule has 0 aliphatic carbocycles. The molecule has 0 saturated heterocycles. The first kappa shape index (κ1) is 7.76. The van der Waals surface area contributed by atoms with Crippen LogP contribution in [0.2, 0.25) is 0 Å². The van der Waals surface area contributed by atoms with Gasteiger partial charge < -0.3 is 0 Å². The lowest BCUT2D eigenvalue weighted by molar-refractivity contribution is -0.823. The molecule has 5 heteroatoms. The molecule has 0 fully saturated rings. The Morgan fingerprint density at radius 2 is 2.33 bits per heavy atom. The summed E-state index contributed by atoms with van der Waals surface area (Å²) < 4.78 is 0.0596. The molecule has 48 valence electrons. The Morgan fingerprint density at radius 1 is 1.78 bits per heavy atom. The Hall–Kier alpha value is -1.24. The Bertz CT molecular complexity index is 170. The summed E-state index contributed by atoms with van der Waals surface area (Å²) in [6.45, 7) is 0.174. The van der Waals surface area contributed by atoms with Crippen molar-refractivity contribution < 1.29 is 4.48 Å². The molecule has 0 heterocycles. The zero-order valence-corrected chi connectivity index (χ0v) is 5.44. The van der Waals surface area contributed by atoms with E-state index in [0.29, 0.717) is 0 Å².